The number of fused-ring (bicyclic) bond motifs is 3. The van der Waals surface area contributed by atoms with Gasteiger partial charge in [-0.15, -0.1) is 0 Å². The lowest BCUT2D eigenvalue weighted by Crippen LogP contribution is -2.29. The molecule has 1 aliphatic heterocycles. The highest BCUT2D eigenvalue weighted by atomic mass is 79.9. The van der Waals surface area contributed by atoms with Crippen molar-refractivity contribution in [3.63, 3.8) is 0 Å². The average molecular weight is 594 g/mol. The summed E-state index contributed by atoms with van der Waals surface area (Å²) in [7, 11) is 1.66. The number of halogens is 1. The van der Waals surface area contributed by atoms with E-state index in [1.54, 1.807) is 7.11 Å². The van der Waals surface area contributed by atoms with E-state index in [2.05, 4.69) is 114 Å². The van der Waals surface area contributed by atoms with Gasteiger partial charge in [0.1, 0.15) is 6.61 Å². The highest BCUT2D eigenvalue weighted by Crippen LogP contribution is 2.50. The number of nitrogens with zero attached hydrogens (tertiary/aromatic N) is 1. The molecule has 1 heterocycles. The Balaban J connectivity index is 1.16. The van der Waals surface area contributed by atoms with Gasteiger partial charge < -0.3 is 14.8 Å². The third kappa shape index (κ3) is 5.44. The molecule has 4 aromatic carbocycles. The van der Waals surface area contributed by atoms with Crippen LogP contribution >= 0.6 is 15.9 Å². The Morgan fingerprint density at radius 1 is 0.950 bits per heavy atom. The number of nitrogens with one attached hydrogen (secondary N) is 1. The van der Waals surface area contributed by atoms with Gasteiger partial charge in [-0.1, -0.05) is 71.8 Å². The molecular formula is C35H33BrN2O2. The van der Waals surface area contributed by atoms with Gasteiger partial charge >= 0.3 is 0 Å². The van der Waals surface area contributed by atoms with Crippen molar-refractivity contribution in [2.75, 3.05) is 12.4 Å². The number of aliphatic imine (C=N–C) groups is 1. The van der Waals surface area contributed by atoms with Crippen molar-refractivity contribution in [1.82, 2.24) is 0 Å². The molecular weight excluding hydrogens is 560 g/mol. The third-order valence-electron chi connectivity index (χ3n) is 7.89. The van der Waals surface area contributed by atoms with Crippen LogP contribution in [0.2, 0.25) is 0 Å². The first kappa shape index (κ1) is 26.4. The Bertz CT molecular complexity index is 1570. The maximum atomic E-state index is 6.10. The van der Waals surface area contributed by atoms with Crippen LogP contribution in [0.25, 0.3) is 0 Å². The molecule has 0 radical (unpaired) electrons. The van der Waals surface area contributed by atoms with E-state index in [0.717, 1.165) is 27.7 Å². The van der Waals surface area contributed by atoms with Crippen LogP contribution in [0.5, 0.6) is 11.5 Å². The molecule has 6 rings (SSSR count). The summed E-state index contributed by atoms with van der Waals surface area (Å²) in [6.07, 6.45) is 7.68. The van der Waals surface area contributed by atoms with Crippen LogP contribution < -0.4 is 14.8 Å². The van der Waals surface area contributed by atoms with Crippen molar-refractivity contribution in [3.05, 3.63) is 129 Å². The van der Waals surface area contributed by atoms with Crippen molar-refractivity contribution >= 4 is 33.5 Å². The van der Waals surface area contributed by atoms with Gasteiger partial charge in [-0.05, 0) is 94.7 Å². The molecule has 1 N–H and O–H groups in total. The van der Waals surface area contributed by atoms with Crippen LogP contribution in [-0.2, 0) is 6.61 Å². The molecule has 0 bridgehead atoms. The number of benzene rings is 4. The van der Waals surface area contributed by atoms with Gasteiger partial charge in [-0.3, -0.25) is 4.99 Å². The van der Waals surface area contributed by atoms with Crippen LogP contribution in [-0.4, -0.2) is 13.3 Å². The first-order valence-corrected chi connectivity index (χ1v) is 14.5. The molecule has 202 valence electrons. The monoisotopic (exact) mass is 592 g/mol. The molecule has 0 saturated heterocycles. The minimum absolute atomic E-state index is 0.279. The lowest BCUT2D eigenvalue weighted by molar-refractivity contribution is 0.282. The number of rotatable bonds is 7. The molecule has 3 atom stereocenters. The van der Waals surface area contributed by atoms with E-state index in [-0.39, 0.29) is 6.04 Å². The summed E-state index contributed by atoms with van der Waals surface area (Å²) in [5, 5.41) is 3.83. The smallest absolute Gasteiger partial charge is 0.175 e. The summed E-state index contributed by atoms with van der Waals surface area (Å²) in [6, 6.07) is 27.9. The van der Waals surface area contributed by atoms with Crippen molar-refractivity contribution in [2.45, 2.75) is 38.8 Å². The van der Waals surface area contributed by atoms with E-state index in [0.29, 0.717) is 29.9 Å². The Morgan fingerprint density at radius 2 is 1.73 bits per heavy atom. The van der Waals surface area contributed by atoms with Gasteiger partial charge in [-0.2, -0.15) is 0 Å². The Morgan fingerprint density at radius 3 is 2.50 bits per heavy atom. The number of allylic oxidation sites excluding steroid dienone is 2. The Kier molecular flexibility index (Phi) is 7.48. The Hall–Kier alpha value is -3.83. The van der Waals surface area contributed by atoms with Gasteiger partial charge in [0.25, 0.3) is 0 Å². The highest BCUT2D eigenvalue weighted by molar-refractivity contribution is 9.10. The summed E-state index contributed by atoms with van der Waals surface area (Å²) < 4.78 is 12.6. The maximum Gasteiger partial charge on any atom is 0.175 e. The number of aryl methyl sites for hydroxylation is 2. The van der Waals surface area contributed by atoms with Crippen LogP contribution in [0.1, 0.15) is 51.8 Å². The summed E-state index contributed by atoms with van der Waals surface area (Å²) in [6.45, 7) is 4.71. The second-order valence-electron chi connectivity index (χ2n) is 10.7. The van der Waals surface area contributed by atoms with E-state index in [9.17, 15) is 0 Å². The fourth-order valence-electron chi connectivity index (χ4n) is 5.75. The molecule has 0 unspecified atom stereocenters. The first-order valence-electron chi connectivity index (χ1n) is 13.7. The van der Waals surface area contributed by atoms with Crippen molar-refractivity contribution in [1.29, 1.82) is 0 Å². The van der Waals surface area contributed by atoms with Crippen LogP contribution in [0.4, 0.5) is 11.4 Å². The summed E-state index contributed by atoms with van der Waals surface area (Å²) in [4.78, 5) is 4.75. The van der Waals surface area contributed by atoms with Gasteiger partial charge in [0.05, 0.1) is 23.3 Å². The van der Waals surface area contributed by atoms with Crippen molar-refractivity contribution in [2.24, 2.45) is 10.9 Å². The average Bonchev–Trinajstić information content (AvgIpc) is 3.47. The zero-order chi connectivity index (χ0) is 27.6. The fourth-order valence-corrected chi connectivity index (χ4v) is 6.33. The number of ether oxygens (including phenoxy) is 2. The zero-order valence-electron chi connectivity index (χ0n) is 23.0. The minimum Gasteiger partial charge on any atom is -0.493 e. The standard InChI is InChI=1S/C35H33BrN2O2/c1-22-7-10-24(11-8-22)21-40-35-31(36)18-25(19-33(35)39-3)20-37-27-14-12-26(13-15-27)34-29-6-4-5-28(29)30-17-23(2)9-16-32(30)38-34/h4-5,7-20,28-29,34,38H,6,21H2,1-3H3/t28-,29+,34-/m0/s1. The summed E-state index contributed by atoms with van der Waals surface area (Å²) in [5.41, 5.74) is 9.45. The number of anilines is 1. The van der Waals surface area contributed by atoms with Gasteiger partial charge in [0.15, 0.2) is 11.5 Å². The normalized spacial score (nSPS) is 19.2. The second kappa shape index (κ2) is 11.3. The molecule has 5 heteroatoms. The number of methoxy groups -OCH3 is 1. The highest BCUT2D eigenvalue weighted by Gasteiger charge is 2.37. The third-order valence-corrected chi connectivity index (χ3v) is 8.48. The molecule has 0 amide bonds. The summed E-state index contributed by atoms with van der Waals surface area (Å²) >= 11 is 3.66. The maximum absolute atomic E-state index is 6.10. The van der Waals surface area contributed by atoms with Gasteiger partial charge in [0, 0.05) is 17.8 Å². The molecule has 40 heavy (non-hydrogen) atoms. The SMILES string of the molecule is COc1cc(C=Nc2ccc([C@@H]3Nc4ccc(C)cc4[C@H]4C=CC[C@H]43)cc2)cc(Br)c1OCc1ccc(C)cc1. The lowest BCUT2D eigenvalue weighted by Gasteiger charge is -2.37. The summed E-state index contributed by atoms with van der Waals surface area (Å²) in [5.74, 6) is 2.34. The predicted octanol–water partition coefficient (Wildman–Crippen LogP) is 9.23. The molecule has 0 saturated carbocycles. The minimum atomic E-state index is 0.279. The largest absolute Gasteiger partial charge is 0.493 e. The number of hydrogen-bond donors (Lipinski definition) is 1. The molecule has 0 fully saturated rings. The lowest BCUT2D eigenvalue weighted by atomic mass is 9.76. The van der Waals surface area contributed by atoms with Gasteiger partial charge in [-0.25, -0.2) is 0 Å². The topological polar surface area (TPSA) is 42.8 Å². The van der Waals surface area contributed by atoms with E-state index >= 15 is 0 Å². The molecule has 1 aliphatic carbocycles. The molecule has 0 aromatic heterocycles. The van der Waals surface area contributed by atoms with Crippen LogP contribution in [0, 0.1) is 19.8 Å². The molecule has 0 spiro atoms. The van der Waals surface area contributed by atoms with Crippen LogP contribution in [0.3, 0.4) is 0 Å². The zero-order valence-corrected chi connectivity index (χ0v) is 24.6. The molecule has 4 nitrogen and oxygen atoms in total. The number of hydrogen-bond acceptors (Lipinski definition) is 4. The van der Waals surface area contributed by atoms with Gasteiger partial charge in [0.2, 0.25) is 0 Å². The van der Waals surface area contributed by atoms with E-state index in [1.807, 2.05) is 18.3 Å². The van der Waals surface area contributed by atoms with E-state index in [4.69, 9.17) is 14.5 Å². The van der Waals surface area contributed by atoms with Crippen molar-refractivity contribution in [3.8, 4) is 11.5 Å². The van der Waals surface area contributed by atoms with Crippen LogP contribution in [0.15, 0.2) is 100 Å². The van der Waals surface area contributed by atoms with Crippen molar-refractivity contribution < 1.29 is 9.47 Å². The molecule has 2 aliphatic rings. The van der Waals surface area contributed by atoms with E-state index in [1.165, 1.54) is 27.9 Å². The molecule has 4 aromatic rings. The quantitative estimate of drug-likeness (QED) is 0.172. The first-order chi connectivity index (χ1) is 19.5. The Labute approximate surface area is 244 Å². The second-order valence-corrected chi connectivity index (χ2v) is 11.6. The van der Waals surface area contributed by atoms with E-state index < -0.39 is 0 Å². The predicted molar refractivity (Wildman–Crippen MR) is 167 cm³/mol. The fraction of sp³-hybridized carbons (Fsp3) is 0.229.